The Bertz CT molecular complexity index is 637. The Labute approximate surface area is 145 Å². The average molecular weight is 355 g/mol. The summed E-state index contributed by atoms with van der Waals surface area (Å²) in [7, 11) is 3.67. The van der Waals surface area contributed by atoms with Gasteiger partial charge >= 0.3 is 11.9 Å². The first-order chi connectivity index (χ1) is 11.3. The zero-order valence-electron chi connectivity index (χ0n) is 14.4. The van der Waals surface area contributed by atoms with E-state index in [1.165, 1.54) is 6.08 Å². The Morgan fingerprint density at radius 2 is 1.92 bits per heavy atom. The molecule has 0 spiro atoms. The van der Waals surface area contributed by atoms with Crippen molar-refractivity contribution in [3.05, 3.63) is 28.7 Å². The van der Waals surface area contributed by atoms with Gasteiger partial charge in [-0.1, -0.05) is 12.7 Å². The summed E-state index contributed by atoms with van der Waals surface area (Å²) in [5, 5.41) is 2.98. The van der Waals surface area contributed by atoms with Gasteiger partial charge in [0.15, 0.2) is 6.54 Å². The van der Waals surface area contributed by atoms with Gasteiger partial charge in [-0.2, -0.15) is 0 Å². The van der Waals surface area contributed by atoms with E-state index in [9.17, 15) is 14.4 Å². The number of carbonyl (C=O) groups is 3. The van der Waals surface area contributed by atoms with Crippen LogP contribution in [-0.2, 0) is 14.3 Å². The maximum absolute atomic E-state index is 12.2. The molecule has 1 amide bonds. The molecule has 0 saturated carbocycles. The van der Waals surface area contributed by atoms with E-state index >= 15 is 0 Å². The minimum atomic E-state index is -0.582. The third-order valence-electron chi connectivity index (χ3n) is 2.91. The fourth-order valence-electron chi connectivity index (χ4n) is 1.94. The fourth-order valence-corrected chi connectivity index (χ4v) is 3.04. The third kappa shape index (κ3) is 5.17. The first-order valence-electron chi connectivity index (χ1n) is 7.49. The highest BCUT2D eigenvalue weighted by Crippen LogP contribution is 2.34. The van der Waals surface area contributed by atoms with Gasteiger partial charge in [0.05, 0.1) is 26.3 Å². The molecule has 0 aliphatic heterocycles. The second kappa shape index (κ2) is 9.19. The summed E-state index contributed by atoms with van der Waals surface area (Å²) in [6, 6.07) is 0. The number of hydrogen-bond donors (Lipinski definition) is 2. The number of nitrogens with one attached hydrogen (secondary N) is 2. The minimum absolute atomic E-state index is 0.0661. The number of rotatable bonds is 8. The molecule has 0 aliphatic carbocycles. The van der Waals surface area contributed by atoms with Crippen LogP contribution in [0.4, 0.5) is 5.00 Å². The molecule has 8 heteroatoms. The van der Waals surface area contributed by atoms with E-state index in [4.69, 9.17) is 9.47 Å². The van der Waals surface area contributed by atoms with Crippen LogP contribution in [0.2, 0.25) is 0 Å². The second-order valence-electron chi connectivity index (χ2n) is 5.30. The van der Waals surface area contributed by atoms with Crippen LogP contribution < -0.4 is 10.2 Å². The van der Waals surface area contributed by atoms with Crippen LogP contribution in [0.3, 0.4) is 0 Å². The summed E-state index contributed by atoms with van der Waals surface area (Å²) >= 11 is 1.00. The first-order valence-corrected chi connectivity index (χ1v) is 8.30. The molecule has 2 N–H and O–H groups in total. The Morgan fingerprint density at radius 3 is 2.46 bits per heavy atom. The van der Waals surface area contributed by atoms with E-state index < -0.39 is 11.9 Å². The summed E-state index contributed by atoms with van der Waals surface area (Å²) in [6.45, 7) is 7.29. The van der Waals surface area contributed by atoms with E-state index in [0.717, 1.165) is 16.2 Å². The molecule has 0 aromatic carbocycles. The van der Waals surface area contributed by atoms with Crippen molar-refractivity contribution in [2.75, 3.05) is 39.2 Å². The van der Waals surface area contributed by atoms with E-state index in [1.54, 1.807) is 13.8 Å². The van der Waals surface area contributed by atoms with Gasteiger partial charge in [-0.3, -0.25) is 4.79 Å². The summed E-state index contributed by atoms with van der Waals surface area (Å²) in [4.78, 5) is 37.5. The lowest BCUT2D eigenvalue weighted by Gasteiger charge is -2.08. The van der Waals surface area contributed by atoms with Crippen LogP contribution in [0.25, 0.3) is 0 Å². The third-order valence-corrected chi connectivity index (χ3v) is 4.10. The van der Waals surface area contributed by atoms with Gasteiger partial charge < -0.3 is 19.7 Å². The van der Waals surface area contributed by atoms with Crippen molar-refractivity contribution < 1.29 is 28.8 Å². The highest BCUT2D eigenvalue weighted by molar-refractivity contribution is 7.18. The zero-order valence-corrected chi connectivity index (χ0v) is 15.2. The highest BCUT2D eigenvalue weighted by Gasteiger charge is 2.27. The van der Waals surface area contributed by atoms with E-state index in [1.807, 2.05) is 14.1 Å². The molecular formula is C16H23N2O5S+. The Kier molecular flexibility index (Phi) is 7.60. The summed E-state index contributed by atoms with van der Waals surface area (Å²) in [6.07, 6.45) is 1.45. The molecule has 7 nitrogen and oxygen atoms in total. The molecule has 1 aromatic heterocycles. The standard InChI is InChI=1S/C16H22N2O5S/c1-6-8-23-16(21)13-10(3)12(15(20)22-7-2)14(24-13)17-11(19)9-18(4)5/h6H,1,7-9H2,2-5H3,(H,17,19)/p+1. The minimum Gasteiger partial charge on any atom is -0.462 e. The summed E-state index contributed by atoms with van der Waals surface area (Å²) in [5.41, 5.74) is 0.620. The molecule has 132 valence electrons. The number of amides is 1. The number of quaternary nitrogens is 1. The van der Waals surface area contributed by atoms with Crippen LogP contribution in [0, 0.1) is 6.92 Å². The molecule has 1 rings (SSSR count). The molecule has 24 heavy (non-hydrogen) atoms. The Balaban J connectivity index is 3.18. The van der Waals surface area contributed by atoms with Gasteiger partial charge in [0.25, 0.3) is 5.91 Å². The van der Waals surface area contributed by atoms with Crippen molar-refractivity contribution in [3.63, 3.8) is 0 Å². The van der Waals surface area contributed by atoms with Crippen LogP contribution >= 0.6 is 11.3 Å². The lowest BCUT2D eigenvalue weighted by molar-refractivity contribution is -0.849. The van der Waals surface area contributed by atoms with Crippen LogP contribution in [-0.4, -0.2) is 51.7 Å². The molecule has 0 bridgehead atoms. The van der Waals surface area contributed by atoms with Crippen LogP contribution in [0.15, 0.2) is 12.7 Å². The molecule has 0 aliphatic rings. The molecule has 1 aromatic rings. The first kappa shape index (κ1) is 19.9. The topological polar surface area (TPSA) is 86.1 Å². The van der Waals surface area contributed by atoms with Crippen molar-refractivity contribution in [1.82, 2.24) is 0 Å². The van der Waals surface area contributed by atoms with Gasteiger partial charge in [0.1, 0.15) is 16.5 Å². The lowest BCUT2D eigenvalue weighted by atomic mass is 10.1. The monoisotopic (exact) mass is 355 g/mol. The van der Waals surface area contributed by atoms with Crippen molar-refractivity contribution in [3.8, 4) is 0 Å². The van der Waals surface area contributed by atoms with Crippen molar-refractivity contribution in [2.24, 2.45) is 0 Å². The van der Waals surface area contributed by atoms with Crippen LogP contribution in [0.1, 0.15) is 32.5 Å². The number of carbonyl (C=O) groups excluding carboxylic acids is 3. The smallest absolute Gasteiger partial charge is 0.348 e. The molecular weight excluding hydrogens is 332 g/mol. The molecule has 0 saturated heterocycles. The van der Waals surface area contributed by atoms with Crippen molar-refractivity contribution in [2.45, 2.75) is 13.8 Å². The van der Waals surface area contributed by atoms with Gasteiger partial charge in [0.2, 0.25) is 0 Å². The highest BCUT2D eigenvalue weighted by atomic mass is 32.1. The summed E-state index contributed by atoms with van der Waals surface area (Å²) in [5.74, 6) is -1.41. The van der Waals surface area contributed by atoms with Crippen LogP contribution in [0.5, 0.6) is 0 Å². The second-order valence-corrected chi connectivity index (χ2v) is 6.32. The Morgan fingerprint density at radius 1 is 1.25 bits per heavy atom. The van der Waals surface area contributed by atoms with Gasteiger partial charge in [-0.05, 0) is 19.4 Å². The Hall–Kier alpha value is -2.19. The van der Waals surface area contributed by atoms with Crippen molar-refractivity contribution >= 4 is 34.2 Å². The molecule has 0 unspecified atom stereocenters. The predicted octanol–water partition coefficient (Wildman–Crippen LogP) is 0.659. The maximum atomic E-state index is 12.2. The molecule has 0 atom stereocenters. The predicted molar refractivity (Wildman–Crippen MR) is 91.8 cm³/mol. The van der Waals surface area contributed by atoms with Crippen molar-refractivity contribution in [1.29, 1.82) is 0 Å². The number of ether oxygens (including phenoxy) is 2. The van der Waals surface area contributed by atoms with Gasteiger partial charge in [-0.25, -0.2) is 9.59 Å². The average Bonchev–Trinajstić information content (AvgIpc) is 2.80. The zero-order chi connectivity index (χ0) is 18.3. The quantitative estimate of drug-likeness (QED) is 0.528. The number of hydrogen-bond acceptors (Lipinski definition) is 6. The number of esters is 2. The van der Waals surface area contributed by atoms with Gasteiger partial charge in [0, 0.05) is 0 Å². The van der Waals surface area contributed by atoms with E-state index in [0.29, 0.717) is 10.6 Å². The SMILES string of the molecule is C=CCOC(=O)c1sc(NC(=O)C[NH+](C)C)c(C(=O)OCC)c1C. The number of anilines is 1. The number of thiophene rings is 1. The molecule has 0 radical (unpaired) electrons. The van der Waals surface area contributed by atoms with E-state index in [2.05, 4.69) is 11.9 Å². The fraction of sp³-hybridized carbons (Fsp3) is 0.438. The van der Waals surface area contributed by atoms with E-state index in [-0.39, 0.29) is 36.1 Å². The lowest BCUT2D eigenvalue weighted by Crippen LogP contribution is -3.06. The normalized spacial score (nSPS) is 10.4. The largest absolute Gasteiger partial charge is 0.462 e. The maximum Gasteiger partial charge on any atom is 0.348 e. The van der Waals surface area contributed by atoms with Gasteiger partial charge in [-0.15, -0.1) is 11.3 Å². The molecule has 1 heterocycles. The molecule has 0 fully saturated rings. The number of likely N-dealkylation sites (N-methyl/N-ethyl adjacent to an activating group) is 1. The summed E-state index contributed by atoms with van der Waals surface area (Å²) < 4.78 is 10.0.